The molecule has 8 aromatic rings. The molecule has 46 heavy (non-hydrogen) atoms. The van der Waals surface area contributed by atoms with Crippen LogP contribution in [0.2, 0.25) is 0 Å². The number of hydrogen-bond donors (Lipinski definition) is 0. The van der Waals surface area contributed by atoms with Crippen LogP contribution in [0, 0.1) is 0 Å². The Bertz CT molecular complexity index is 2380. The maximum atomic E-state index is 5.06. The minimum atomic E-state index is -0.0825. The molecule has 0 atom stereocenters. The summed E-state index contributed by atoms with van der Waals surface area (Å²) in [6, 6.07) is 51.5. The summed E-state index contributed by atoms with van der Waals surface area (Å²) in [5.74, 6) is 2.24. The molecule has 0 saturated carbocycles. The zero-order chi connectivity index (χ0) is 30.8. The predicted octanol–water partition coefficient (Wildman–Crippen LogP) is 9.70. The second kappa shape index (κ2) is 10.1. The van der Waals surface area contributed by atoms with Gasteiger partial charge in [-0.2, -0.15) is 0 Å². The summed E-state index contributed by atoms with van der Waals surface area (Å²) in [5.41, 5.74) is 11.8. The number of nitrogens with one attached hydrogen (secondary N) is 1. The van der Waals surface area contributed by atoms with Gasteiger partial charge in [-0.15, -0.1) is 0 Å². The highest BCUT2D eigenvalue weighted by Gasteiger charge is 2.36. The van der Waals surface area contributed by atoms with E-state index < -0.39 is 0 Å². The van der Waals surface area contributed by atoms with E-state index in [1.807, 2.05) is 36.4 Å². The lowest BCUT2D eigenvalue weighted by Crippen LogP contribution is -2.17. The Labute approximate surface area is 267 Å². The van der Waals surface area contributed by atoms with Crippen molar-refractivity contribution in [3.63, 3.8) is 0 Å². The van der Waals surface area contributed by atoms with Crippen LogP contribution in [0.3, 0.4) is 0 Å². The Morgan fingerprint density at radius 3 is 1.96 bits per heavy atom. The zero-order valence-corrected chi connectivity index (χ0v) is 25.7. The molecule has 9 rings (SSSR count). The third kappa shape index (κ3) is 4.04. The quantitative estimate of drug-likeness (QED) is 0.205. The number of H-pyrrole nitrogens is 1. The normalized spacial score (nSPS) is 13.2. The lowest BCUT2D eigenvalue weighted by Gasteiger charge is -2.21. The Morgan fingerprint density at radius 2 is 1.15 bits per heavy atom. The molecule has 4 nitrogen and oxygen atoms in total. The summed E-state index contributed by atoms with van der Waals surface area (Å²) in [6.07, 6.45) is 0. The van der Waals surface area contributed by atoms with E-state index >= 15 is 0 Å². The van der Waals surface area contributed by atoms with Gasteiger partial charge in [-0.25, -0.2) is 4.98 Å². The van der Waals surface area contributed by atoms with Crippen molar-refractivity contribution in [1.82, 2.24) is 14.5 Å². The molecule has 0 aliphatic heterocycles. The first-order valence-corrected chi connectivity index (χ1v) is 15.8. The first-order chi connectivity index (χ1) is 22.6. The van der Waals surface area contributed by atoms with E-state index in [0.717, 1.165) is 34.0 Å². The molecule has 2 heterocycles. The molecule has 0 fully saturated rings. The number of para-hydroxylation sites is 1. The Balaban J connectivity index is 1.26. The van der Waals surface area contributed by atoms with Crippen molar-refractivity contribution in [2.75, 3.05) is 0 Å². The average molecular weight is 592 g/mol. The molecular weight excluding hydrogens is 560 g/mol. The van der Waals surface area contributed by atoms with Gasteiger partial charge in [-0.05, 0) is 82.9 Å². The number of aromatic nitrogens is 4. The van der Waals surface area contributed by atoms with E-state index in [1.54, 1.807) is 0 Å². The van der Waals surface area contributed by atoms with Crippen LogP contribution in [0.4, 0.5) is 0 Å². The van der Waals surface area contributed by atoms with Crippen LogP contribution in [-0.4, -0.2) is 14.5 Å². The molecule has 218 valence electrons. The van der Waals surface area contributed by atoms with E-state index in [1.165, 1.54) is 44.1 Å². The molecule has 2 aromatic heterocycles. The Morgan fingerprint density at radius 1 is 0.500 bits per heavy atom. The third-order valence-corrected chi connectivity index (χ3v) is 9.51. The maximum Gasteiger partial charge on any atom is 0.308 e. The van der Waals surface area contributed by atoms with Crippen molar-refractivity contribution in [3.8, 4) is 51.0 Å². The second-order valence-corrected chi connectivity index (χ2v) is 12.6. The van der Waals surface area contributed by atoms with Gasteiger partial charge in [0, 0.05) is 21.9 Å². The highest BCUT2D eigenvalue weighted by molar-refractivity contribution is 6.11. The van der Waals surface area contributed by atoms with E-state index in [2.05, 4.69) is 133 Å². The van der Waals surface area contributed by atoms with Gasteiger partial charge in [0.15, 0.2) is 0 Å². The molecular formula is C42H31N4+. The number of hydrogen-bond acceptors (Lipinski definition) is 2. The first kappa shape index (κ1) is 26.5. The Kier molecular flexibility index (Phi) is 5.81. The van der Waals surface area contributed by atoms with Gasteiger partial charge in [0.2, 0.25) is 0 Å². The van der Waals surface area contributed by atoms with Gasteiger partial charge < -0.3 is 4.57 Å². The van der Waals surface area contributed by atoms with Gasteiger partial charge in [-0.3, -0.25) is 0 Å². The first-order valence-electron chi connectivity index (χ1n) is 15.8. The van der Waals surface area contributed by atoms with E-state index in [0.29, 0.717) is 5.82 Å². The van der Waals surface area contributed by atoms with Gasteiger partial charge in [0.25, 0.3) is 11.6 Å². The lowest BCUT2D eigenvalue weighted by atomic mass is 9.82. The van der Waals surface area contributed by atoms with E-state index in [4.69, 9.17) is 9.97 Å². The number of aromatic amines is 1. The lowest BCUT2D eigenvalue weighted by molar-refractivity contribution is -0.359. The molecule has 0 radical (unpaired) electrons. The summed E-state index contributed by atoms with van der Waals surface area (Å²) in [7, 11) is 0. The minimum absolute atomic E-state index is 0.0825. The van der Waals surface area contributed by atoms with Crippen LogP contribution in [0.25, 0.3) is 72.8 Å². The topological polar surface area (TPSA) is 44.9 Å². The molecule has 0 amide bonds. The fourth-order valence-electron chi connectivity index (χ4n) is 7.22. The number of fused-ring (bicyclic) bond motifs is 6. The highest BCUT2D eigenvalue weighted by Crippen LogP contribution is 2.51. The van der Waals surface area contributed by atoms with Crippen molar-refractivity contribution in [2.45, 2.75) is 19.3 Å². The molecule has 1 N–H and O–H groups in total. The predicted molar refractivity (Wildman–Crippen MR) is 187 cm³/mol. The van der Waals surface area contributed by atoms with Crippen LogP contribution in [0.15, 0.2) is 146 Å². The van der Waals surface area contributed by atoms with Crippen molar-refractivity contribution < 1.29 is 4.98 Å². The number of nitrogens with zero attached hydrogens (tertiary/aromatic N) is 3. The SMILES string of the molecule is CC1(C)c2ccccc2-c2cc3c4ccccc4n(-c4cccc(-c5nc(-c6ccccc6)nc(-c6ccccc6)[nH+]5)c4)c3cc21. The highest BCUT2D eigenvalue weighted by atomic mass is 15.0. The van der Waals surface area contributed by atoms with Crippen molar-refractivity contribution in [2.24, 2.45) is 0 Å². The van der Waals surface area contributed by atoms with Crippen LogP contribution >= 0.6 is 0 Å². The molecule has 0 saturated heterocycles. The zero-order valence-electron chi connectivity index (χ0n) is 25.7. The van der Waals surface area contributed by atoms with Crippen LogP contribution < -0.4 is 4.98 Å². The second-order valence-electron chi connectivity index (χ2n) is 12.6. The van der Waals surface area contributed by atoms with Gasteiger partial charge in [0.05, 0.1) is 27.7 Å². The molecule has 0 spiro atoms. The van der Waals surface area contributed by atoms with Crippen LogP contribution in [0.1, 0.15) is 25.0 Å². The standard InChI is InChI=1S/C42H30N4/c1-42(2)35-22-11-9-20-31(35)33-25-34-32-21-10-12-23-37(32)46(38(34)26-36(33)42)30-19-13-18-29(24-30)41-44-39(27-14-5-3-6-15-27)43-40(45-41)28-16-7-4-8-17-28/h3-26H,1-2H3/p+1. The molecule has 1 aliphatic rings. The monoisotopic (exact) mass is 591 g/mol. The smallest absolute Gasteiger partial charge is 0.308 e. The summed E-state index contributed by atoms with van der Waals surface area (Å²) < 4.78 is 2.41. The number of rotatable bonds is 4. The summed E-state index contributed by atoms with van der Waals surface area (Å²) >= 11 is 0. The van der Waals surface area contributed by atoms with Crippen molar-refractivity contribution >= 4 is 21.8 Å². The van der Waals surface area contributed by atoms with E-state index in [9.17, 15) is 0 Å². The fraction of sp³-hybridized carbons (Fsp3) is 0.0714. The fourth-order valence-corrected chi connectivity index (χ4v) is 7.22. The summed E-state index contributed by atoms with van der Waals surface area (Å²) in [4.78, 5) is 13.6. The molecule has 6 aromatic carbocycles. The Hall–Kier alpha value is -5.87. The molecule has 0 unspecified atom stereocenters. The number of benzene rings is 6. The van der Waals surface area contributed by atoms with Gasteiger partial charge >= 0.3 is 5.82 Å². The molecule has 4 heteroatoms. The molecule has 1 aliphatic carbocycles. The molecule has 0 bridgehead atoms. The van der Waals surface area contributed by atoms with Crippen LogP contribution in [0.5, 0.6) is 0 Å². The van der Waals surface area contributed by atoms with Gasteiger partial charge in [0.1, 0.15) is 0 Å². The van der Waals surface area contributed by atoms with Crippen molar-refractivity contribution in [3.05, 3.63) is 157 Å². The maximum absolute atomic E-state index is 5.06. The van der Waals surface area contributed by atoms with Crippen molar-refractivity contribution in [1.29, 1.82) is 0 Å². The minimum Gasteiger partial charge on any atom is -0.309 e. The summed E-state index contributed by atoms with van der Waals surface area (Å²) in [6.45, 7) is 4.69. The summed E-state index contributed by atoms with van der Waals surface area (Å²) in [5, 5.41) is 2.51. The third-order valence-electron chi connectivity index (χ3n) is 9.51. The van der Waals surface area contributed by atoms with Gasteiger partial charge in [-0.1, -0.05) is 109 Å². The largest absolute Gasteiger partial charge is 0.309 e. The van der Waals surface area contributed by atoms with Crippen LogP contribution in [-0.2, 0) is 5.41 Å². The van der Waals surface area contributed by atoms with E-state index in [-0.39, 0.29) is 5.41 Å². The average Bonchev–Trinajstić information content (AvgIpc) is 3.56.